The molecular formula is C12H14FN3S. The number of halogens is 1. The topological polar surface area (TPSA) is 50.9 Å². The average molecular weight is 251 g/mol. The minimum Gasteiger partial charge on any atom is -0.357 e. The van der Waals surface area contributed by atoms with Crippen LogP contribution in [0, 0.1) is 12.7 Å². The Kier molecular flexibility index (Phi) is 3.71. The molecular weight excluding hydrogens is 237 g/mol. The van der Waals surface area contributed by atoms with Gasteiger partial charge in [-0.15, -0.1) is 11.3 Å². The quantitative estimate of drug-likeness (QED) is 0.878. The van der Waals surface area contributed by atoms with Crippen LogP contribution in [0.4, 0.5) is 9.52 Å². The maximum Gasteiger partial charge on any atom is 0.183 e. The summed E-state index contributed by atoms with van der Waals surface area (Å²) < 4.78 is 13.1. The molecule has 0 fully saturated rings. The lowest BCUT2D eigenvalue weighted by atomic mass is 10.1. The summed E-state index contributed by atoms with van der Waals surface area (Å²) in [7, 11) is 0. The van der Waals surface area contributed by atoms with Crippen molar-refractivity contribution in [2.75, 3.05) is 5.32 Å². The smallest absolute Gasteiger partial charge is 0.183 e. The summed E-state index contributed by atoms with van der Waals surface area (Å²) >= 11 is 1.54. The number of nitrogens with zero attached hydrogens (tertiary/aromatic N) is 1. The molecule has 0 aliphatic rings. The molecule has 0 radical (unpaired) electrons. The molecule has 1 aromatic carbocycles. The predicted molar refractivity (Wildman–Crippen MR) is 68.5 cm³/mol. The van der Waals surface area contributed by atoms with Gasteiger partial charge in [-0.05, 0) is 24.1 Å². The molecule has 1 aromatic heterocycles. The Bertz CT molecular complexity index is 510. The number of rotatable bonds is 4. The highest BCUT2D eigenvalue weighted by Gasteiger charge is 2.02. The summed E-state index contributed by atoms with van der Waals surface area (Å²) in [5, 5.41) is 4.03. The van der Waals surface area contributed by atoms with Crippen molar-refractivity contribution >= 4 is 16.5 Å². The Morgan fingerprint density at radius 3 is 2.94 bits per heavy atom. The monoisotopic (exact) mass is 251 g/mol. The van der Waals surface area contributed by atoms with Gasteiger partial charge in [0.2, 0.25) is 0 Å². The predicted octanol–water partition coefficient (Wildman–Crippen LogP) is 2.66. The molecule has 2 rings (SSSR count). The van der Waals surface area contributed by atoms with Gasteiger partial charge < -0.3 is 11.1 Å². The van der Waals surface area contributed by atoms with Gasteiger partial charge in [-0.3, -0.25) is 0 Å². The molecule has 0 amide bonds. The molecule has 17 heavy (non-hydrogen) atoms. The molecule has 3 N–H and O–H groups in total. The van der Waals surface area contributed by atoms with Gasteiger partial charge in [-0.1, -0.05) is 12.1 Å². The second-order valence-corrected chi connectivity index (χ2v) is 4.89. The maximum atomic E-state index is 13.1. The third kappa shape index (κ3) is 3.01. The van der Waals surface area contributed by atoms with Gasteiger partial charge in [0.05, 0.1) is 0 Å². The summed E-state index contributed by atoms with van der Waals surface area (Å²) in [5.74, 6) is -0.173. The van der Waals surface area contributed by atoms with Crippen LogP contribution in [0.25, 0.3) is 0 Å². The van der Waals surface area contributed by atoms with Gasteiger partial charge in [-0.25, -0.2) is 9.37 Å². The molecule has 90 valence electrons. The molecule has 0 atom stereocenters. The lowest BCUT2D eigenvalue weighted by Crippen LogP contribution is -1.99. The van der Waals surface area contributed by atoms with Crippen LogP contribution < -0.4 is 11.1 Å². The number of hydrogen-bond acceptors (Lipinski definition) is 4. The molecule has 2 aromatic rings. The Morgan fingerprint density at radius 2 is 2.29 bits per heavy atom. The van der Waals surface area contributed by atoms with Crippen molar-refractivity contribution in [3.8, 4) is 0 Å². The zero-order chi connectivity index (χ0) is 12.3. The third-order valence-corrected chi connectivity index (χ3v) is 3.40. The number of anilines is 1. The normalized spacial score (nSPS) is 10.5. The highest BCUT2D eigenvalue weighted by atomic mass is 32.1. The fraction of sp³-hybridized carbons (Fsp3) is 0.250. The first kappa shape index (κ1) is 12.0. The van der Waals surface area contributed by atoms with E-state index in [-0.39, 0.29) is 5.82 Å². The molecule has 0 spiro atoms. The third-order valence-electron chi connectivity index (χ3n) is 2.42. The van der Waals surface area contributed by atoms with Crippen molar-refractivity contribution in [2.24, 2.45) is 5.73 Å². The SMILES string of the molecule is Cc1cc(CNc2ncc(CN)s2)ccc1F. The first-order valence-corrected chi connectivity index (χ1v) is 6.14. The summed E-state index contributed by atoms with van der Waals surface area (Å²) in [4.78, 5) is 5.24. The summed E-state index contributed by atoms with van der Waals surface area (Å²) in [6, 6.07) is 5.09. The highest BCUT2D eigenvalue weighted by molar-refractivity contribution is 7.15. The molecule has 0 saturated carbocycles. The van der Waals surface area contributed by atoms with E-state index in [2.05, 4.69) is 10.3 Å². The lowest BCUT2D eigenvalue weighted by molar-refractivity contribution is 0.617. The van der Waals surface area contributed by atoms with Crippen LogP contribution in [0.15, 0.2) is 24.4 Å². The van der Waals surface area contributed by atoms with Crippen molar-refractivity contribution in [2.45, 2.75) is 20.0 Å². The zero-order valence-corrected chi connectivity index (χ0v) is 10.4. The van der Waals surface area contributed by atoms with E-state index in [1.54, 1.807) is 19.2 Å². The maximum absolute atomic E-state index is 13.1. The Morgan fingerprint density at radius 1 is 1.47 bits per heavy atom. The summed E-state index contributed by atoms with van der Waals surface area (Å²) in [6.45, 7) is 2.91. The number of aromatic nitrogens is 1. The van der Waals surface area contributed by atoms with Crippen LogP contribution in [0.3, 0.4) is 0 Å². The van der Waals surface area contributed by atoms with Crippen LogP contribution in [0.2, 0.25) is 0 Å². The standard InChI is InChI=1S/C12H14FN3S/c1-8-4-9(2-3-11(8)13)6-15-12-16-7-10(5-14)17-12/h2-4,7H,5-6,14H2,1H3,(H,15,16). The fourth-order valence-electron chi connectivity index (χ4n) is 1.48. The minimum absolute atomic E-state index is 0.173. The largest absolute Gasteiger partial charge is 0.357 e. The van der Waals surface area contributed by atoms with Gasteiger partial charge in [0.1, 0.15) is 5.82 Å². The molecule has 0 unspecified atom stereocenters. The van der Waals surface area contributed by atoms with Gasteiger partial charge in [-0.2, -0.15) is 0 Å². The van der Waals surface area contributed by atoms with Crippen molar-refractivity contribution in [1.82, 2.24) is 4.98 Å². The first-order valence-electron chi connectivity index (χ1n) is 5.32. The Labute approximate surface area is 103 Å². The molecule has 0 saturated heterocycles. The lowest BCUT2D eigenvalue weighted by Gasteiger charge is -2.04. The van der Waals surface area contributed by atoms with E-state index >= 15 is 0 Å². The van der Waals surface area contributed by atoms with E-state index in [0.717, 1.165) is 15.6 Å². The van der Waals surface area contributed by atoms with Gasteiger partial charge >= 0.3 is 0 Å². The Hall–Kier alpha value is -1.46. The summed E-state index contributed by atoms with van der Waals surface area (Å²) in [5.41, 5.74) is 7.20. The van der Waals surface area contributed by atoms with E-state index in [1.807, 2.05) is 6.07 Å². The van der Waals surface area contributed by atoms with Crippen LogP contribution in [-0.2, 0) is 13.1 Å². The van der Waals surface area contributed by atoms with Crippen molar-refractivity contribution < 1.29 is 4.39 Å². The molecule has 0 bridgehead atoms. The van der Waals surface area contributed by atoms with Crippen molar-refractivity contribution in [3.63, 3.8) is 0 Å². The Balaban J connectivity index is 1.99. The summed E-state index contributed by atoms with van der Waals surface area (Å²) in [6.07, 6.45) is 1.77. The molecule has 0 aliphatic carbocycles. The van der Waals surface area contributed by atoms with Crippen LogP contribution >= 0.6 is 11.3 Å². The number of thiazole rings is 1. The van der Waals surface area contributed by atoms with Crippen molar-refractivity contribution in [1.29, 1.82) is 0 Å². The second kappa shape index (κ2) is 5.25. The van der Waals surface area contributed by atoms with Crippen LogP contribution in [0.1, 0.15) is 16.0 Å². The molecule has 3 nitrogen and oxygen atoms in total. The minimum atomic E-state index is -0.173. The van der Waals surface area contributed by atoms with Crippen LogP contribution in [0.5, 0.6) is 0 Å². The molecule has 5 heteroatoms. The van der Waals surface area contributed by atoms with Gasteiger partial charge in [0.25, 0.3) is 0 Å². The van der Waals surface area contributed by atoms with Crippen LogP contribution in [-0.4, -0.2) is 4.98 Å². The zero-order valence-electron chi connectivity index (χ0n) is 9.53. The van der Waals surface area contributed by atoms with E-state index in [1.165, 1.54) is 17.4 Å². The highest BCUT2D eigenvalue weighted by Crippen LogP contribution is 2.18. The second-order valence-electron chi connectivity index (χ2n) is 3.77. The number of nitrogens with two attached hydrogens (primary N) is 1. The van der Waals surface area contributed by atoms with Gasteiger partial charge in [0, 0.05) is 24.2 Å². The van der Waals surface area contributed by atoms with E-state index in [4.69, 9.17) is 5.73 Å². The first-order chi connectivity index (χ1) is 8.19. The average Bonchev–Trinajstić information content (AvgIpc) is 2.79. The van der Waals surface area contributed by atoms with E-state index in [0.29, 0.717) is 18.7 Å². The molecule has 1 heterocycles. The molecule has 0 aliphatic heterocycles. The number of nitrogens with one attached hydrogen (secondary N) is 1. The number of benzene rings is 1. The number of aryl methyl sites for hydroxylation is 1. The van der Waals surface area contributed by atoms with E-state index in [9.17, 15) is 4.39 Å². The van der Waals surface area contributed by atoms with E-state index < -0.39 is 0 Å². The van der Waals surface area contributed by atoms with Crippen molar-refractivity contribution in [3.05, 3.63) is 46.2 Å². The van der Waals surface area contributed by atoms with Gasteiger partial charge in [0.15, 0.2) is 5.13 Å². The number of hydrogen-bond donors (Lipinski definition) is 2. The fourth-order valence-corrected chi connectivity index (χ4v) is 2.16.